The summed E-state index contributed by atoms with van der Waals surface area (Å²) in [6, 6.07) is 2.46. The van der Waals surface area contributed by atoms with Crippen LogP contribution < -0.4 is 5.73 Å². The maximum absolute atomic E-state index is 5.95. The third kappa shape index (κ3) is 2.38. The summed E-state index contributed by atoms with van der Waals surface area (Å²) >= 11 is 0. The molecule has 0 radical (unpaired) electrons. The Morgan fingerprint density at radius 2 is 2.12 bits per heavy atom. The summed E-state index contributed by atoms with van der Waals surface area (Å²) in [5.41, 5.74) is 6.97. The van der Waals surface area contributed by atoms with Crippen molar-refractivity contribution in [3.05, 3.63) is 11.8 Å². The lowest BCUT2D eigenvalue weighted by Crippen LogP contribution is -2.35. The third-order valence-electron chi connectivity index (χ3n) is 3.33. The first kappa shape index (κ1) is 11.5. The number of anilines is 1. The van der Waals surface area contributed by atoms with Crippen LogP contribution in [0.4, 0.5) is 5.82 Å². The highest BCUT2D eigenvalue weighted by Crippen LogP contribution is 2.24. The van der Waals surface area contributed by atoms with Crippen molar-refractivity contribution in [2.75, 3.05) is 25.4 Å². The van der Waals surface area contributed by atoms with Crippen LogP contribution in [-0.2, 0) is 0 Å². The third-order valence-corrected chi connectivity index (χ3v) is 3.33. The number of nitrogen functional groups attached to an aromatic ring is 1. The number of nitrogens with two attached hydrogens (primary N) is 1. The number of piperidine rings is 1. The molecule has 1 aromatic rings. The van der Waals surface area contributed by atoms with Crippen LogP contribution in [-0.4, -0.2) is 34.3 Å². The second kappa shape index (κ2) is 4.87. The Bertz CT molecular complexity index is 337. The number of nitrogens with zero attached hydrogens (tertiary/aromatic N) is 3. The minimum atomic E-state index is 0.502. The molecule has 4 heteroatoms. The average Bonchev–Trinajstić information content (AvgIpc) is 2.59. The van der Waals surface area contributed by atoms with Gasteiger partial charge in [-0.15, -0.1) is 0 Å². The van der Waals surface area contributed by atoms with Crippen molar-refractivity contribution in [1.29, 1.82) is 0 Å². The number of likely N-dealkylation sites (tertiary alicyclic amines) is 1. The first-order valence-electron chi connectivity index (χ1n) is 6.24. The number of hydrogen-bond donors (Lipinski definition) is 1. The zero-order chi connectivity index (χ0) is 11.5. The van der Waals surface area contributed by atoms with Crippen LogP contribution in [0.1, 0.15) is 37.9 Å². The van der Waals surface area contributed by atoms with Crippen molar-refractivity contribution in [3.63, 3.8) is 0 Å². The predicted molar refractivity (Wildman–Crippen MR) is 66.4 cm³/mol. The predicted octanol–water partition coefficient (Wildman–Crippen LogP) is 1.82. The van der Waals surface area contributed by atoms with E-state index in [1.54, 1.807) is 0 Å². The summed E-state index contributed by atoms with van der Waals surface area (Å²) in [7, 11) is 0. The largest absolute Gasteiger partial charge is 0.384 e. The molecule has 1 aromatic heterocycles. The average molecular weight is 222 g/mol. The molecule has 4 nitrogen and oxygen atoms in total. The quantitative estimate of drug-likeness (QED) is 0.848. The van der Waals surface area contributed by atoms with E-state index in [2.05, 4.69) is 16.9 Å². The molecule has 0 saturated carbocycles. The van der Waals surface area contributed by atoms with E-state index in [0.29, 0.717) is 6.04 Å². The molecular weight excluding hydrogens is 200 g/mol. The number of hydrogen-bond acceptors (Lipinski definition) is 3. The maximum atomic E-state index is 5.95. The van der Waals surface area contributed by atoms with E-state index in [-0.39, 0.29) is 0 Å². The second-order valence-electron chi connectivity index (χ2n) is 4.73. The SMILES string of the molecule is CCCN1CCC(n2nc(C)cc2N)CC1. The van der Waals surface area contributed by atoms with Crippen LogP contribution in [0.15, 0.2) is 6.07 Å². The van der Waals surface area contributed by atoms with E-state index in [1.807, 2.05) is 17.7 Å². The monoisotopic (exact) mass is 222 g/mol. The molecule has 0 unspecified atom stereocenters. The molecule has 1 saturated heterocycles. The summed E-state index contributed by atoms with van der Waals surface area (Å²) in [5, 5.41) is 4.48. The van der Waals surface area contributed by atoms with Crippen LogP contribution in [0, 0.1) is 6.92 Å². The molecule has 0 amide bonds. The van der Waals surface area contributed by atoms with Gasteiger partial charge in [0.2, 0.25) is 0 Å². The molecule has 90 valence electrons. The molecular formula is C12H22N4. The molecule has 1 aliphatic heterocycles. The number of aryl methyl sites for hydroxylation is 1. The van der Waals surface area contributed by atoms with E-state index >= 15 is 0 Å². The molecule has 0 aliphatic carbocycles. The van der Waals surface area contributed by atoms with Crippen molar-refractivity contribution in [3.8, 4) is 0 Å². The molecule has 1 aliphatic rings. The Labute approximate surface area is 97.4 Å². The fourth-order valence-corrected chi connectivity index (χ4v) is 2.53. The van der Waals surface area contributed by atoms with Gasteiger partial charge >= 0.3 is 0 Å². The molecule has 2 rings (SSSR count). The highest BCUT2D eigenvalue weighted by Gasteiger charge is 2.21. The van der Waals surface area contributed by atoms with Gasteiger partial charge in [0.1, 0.15) is 5.82 Å². The standard InChI is InChI=1S/C12H22N4/c1-3-6-15-7-4-11(5-8-15)16-12(13)9-10(2)14-16/h9,11H,3-8,13H2,1-2H3. The van der Waals surface area contributed by atoms with Gasteiger partial charge in [-0.3, -0.25) is 0 Å². The molecule has 2 heterocycles. The van der Waals surface area contributed by atoms with Crippen LogP contribution in [0.25, 0.3) is 0 Å². The van der Waals surface area contributed by atoms with Gasteiger partial charge in [0.15, 0.2) is 0 Å². The molecule has 0 spiro atoms. The molecule has 2 N–H and O–H groups in total. The highest BCUT2D eigenvalue weighted by molar-refractivity contribution is 5.30. The first-order valence-corrected chi connectivity index (χ1v) is 6.24. The van der Waals surface area contributed by atoms with Gasteiger partial charge in [0.25, 0.3) is 0 Å². The summed E-state index contributed by atoms with van der Waals surface area (Å²) in [6.07, 6.45) is 3.59. The molecule has 1 fully saturated rings. The zero-order valence-electron chi connectivity index (χ0n) is 10.3. The smallest absolute Gasteiger partial charge is 0.122 e. The summed E-state index contributed by atoms with van der Waals surface area (Å²) in [6.45, 7) is 7.81. The van der Waals surface area contributed by atoms with Crippen LogP contribution in [0.3, 0.4) is 0 Å². The maximum Gasteiger partial charge on any atom is 0.122 e. The van der Waals surface area contributed by atoms with Crippen molar-refractivity contribution < 1.29 is 0 Å². The fourth-order valence-electron chi connectivity index (χ4n) is 2.53. The summed E-state index contributed by atoms with van der Waals surface area (Å²) < 4.78 is 2.01. The minimum absolute atomic E-state index is 0.502. The van der Waals surface area contributed by atoms with Crippen molar-refractivity contribution in [2.24, 2.45) is 0 Å². The Morgan fingerprint density at radius 1 is 1.44 bits per heavy atom. The van der Waals surface area contributed by atoms with Gasteiger partial charge in [0.05, 0.1) is 11.7 Å². The van der Waals surface area contributed by atoms with Gasteiger partial charge in [-0.25, -0.2) is 4.68 Å². The summed E-state index contributed by atoms with van der Waals surface area (Å²) in [4.78, 5) is 2.53. The number of aromatic nitrogens is 2. The van der Waals surface area contributed by atoms with E-state index < -0.39 is 0 Å². The summed E-state index contributed by atoms with van der Waals surface area (Å²) in [5.74, 6) is 0.812. The van der Waals surface area contributed by atoms with Gasteiger partial charge in [-0.05, 0) is 32.7 Å². The van der Waals surface area contributed by atoms with Crippen LogP contribution in [0.2, 0.25) is 0 Å². The second-order valence-corrected chi connectivity index (χ2v) is 4.73. The lowest BCUT2D eigenvalue weighted by Gasteiger charge is -2.32. The van der Waals surface area contributed by atoms with Gasteiger partial charge in [-0.2, -0.15) is 5.10 Å². The van der Waals surface area contributed by atoms with Crippen molar-refractivity contribution in [2.45, 2.75) is 39.2 Å². The topological polar surface area (TPSA) is 47.1 Å². The van der Waals surface area contributed by atoms with Gasteiger partial charge < -0.3 is 10.6 Å². The van der Waals surface area contributed by atoms with E-state index in [1.165, 1.54) is 38.9 Å². The fraction of sp³-hybridized carbons (Fsp3) is 0.750. The van der Waals surface area contributed by atoms with E-state index in [4.69, 9.17) is 5.73 Å². The minimum Gasteiger partial charge on any atom is -0.384 e. The first-order chi connectivity index (χ1) is 7.70. The van der Waals surface area contributed by atoms with Gasteiger partial charge in [0, 0.05) is 19.2 Å². The van der Waals surface area contributed by atoms with Gasteiger partial charge in [-0.1, -0.05) is 6.92 Å². The normalized spacial score (nSPS) is 19.1. The van der Waals surface area contributed by atoms with E-state index in [9.17, 15) is 0 Å². The zero-order valence-corrected chi connectivity index (χ0v) is 10.3. The molecule has 0 bridgehead atoms. The Morgan fingerprint density at radius 3 is 2.62 bits per heavy atom. The van der Waals surface area contributed by atoms with E-state index in [0.717, 1.165) is 11.5 Å². The van der Waals surface area contributed by atoms with Crippen molar-refractivity contribution >= 4 is 5.82 Å². The lowest BCUT2D eigenvalue weighted by atomic mass is 10.1. The molecule has 0 aromatic carbocycles. The Balaban J connectivity index is 1.96. The Hall–Kier alpha value is -1.03. The van der Waals surface area contributed by atoms with Crippen LogP contribution in [0.5, 0.6) is 0 Å². The molecule has 0 atom stereocenters. The lowest BCUT2D eigenvalue weighted by molar-refractivity contribution is 0.181. The number of rotatable bonds is 3. The molecule has 16 heavy (non-hydrogen) atoms. The van der Waals surface area contributed by atoms with Crippen molar-refractivity contribution in [1.82, 2.24) is 14.7 Å². The Kier molecular flexibility index (Phi) is 3.49. The highest BCUT2D eigenvalue weighted by atomic mass is 15.3. The van der Waals surface area contributed by atoms with Crippen LogP contribution >= 0.6 is 0 Å².